The molecule has 1 heterocycles. The van der Waals surface area contributed by atoms with Crippen LogP contribution < -0.4 is 5.32 Å². The second-order valence-electron chi connectivity index (χ2n) is 4.52. The largest absolute Gasteiger partial charge is 0.361 e. The maximum Gasteiger partial charge on any atom is 0.273 e. The molecular weight excluding hydrogens is 192 g/mol. The molecule has 1 aromatic heterocycles. The smallest absolute Gasteiger partial charge is 0.273 e. The molecule has 2 rings (SSSR count). The summed E-state index contributed by atoms with van der Waals surface area (Å²) in [6.07, 6.45) is 2.99. The first-order valence-electron chi connectivity index (χ1n) is 5.41. The van der Waals surface area contributed by atoms with Crippen LogP contribution in [0.4, 0.5) is 0 Å². The van der Waals surface area contributed by atoms with Gasteiger partial charge in [-0.2, -0.15) is 0 Å². The number of hydrogen-bond acceptors (Lipinski definition) is 3. The quantitative estimate of drug-likeness (QED) is 0.820. The molecule has 4 heteroatoms. The Morgan fingerprint density at radius 1 is 1.67 bits per heavy atom. The highest BCUT2D eigenvalue weighted by atomic mass is 16.5. The summed E-state index contributed by atoms with van der Waals surface area (Å²) in [5.74, 6) is 1.18. The molecule has 0 saturated heterocycles. The van der Waals surface area contributed by atoms with Gasteiger partial charge in [-0.05, 0) is 18.8 Å². The summed E-state index contributed by atoms with van der Waals surface area (Å²) in [5, 5.41) is 6.64. The van der Waals surface area contributed by atoms with Crippen LogP contribution in [-0.2, 0) is 6.42 Å². The van der Waals surface area contributed by atoms with Gasteiger partial charge in [-0.15, -0.1) is 0 Å². The van der Waals surface area contributed by atoms with Crippen LogP contribution in [0.3, 0.4) is 0 Å². The number of hydrogen-bond donors (Lipinski definition) is 1. The lowest BCUT2D eigenvalue weighted by Gasteiger charge is -1.97. The van der Waals surface area contributed by atoms with Crippen molar-refractivity contribution >= 4 is 5.91 Å². The average Bonchev–Trinajstić information content (AvgIpc) is 2.83. The van der Waals surface area contributed by atoms with Crippen LogP contribution in [0.1, 0.15) is 42.9 Å². The van der Waals surface area contributed by atoms with Gasteiger partial charge in [0.15, 0.2) is 5.69 Å². The molecule has 0 radical (unpaired) electrons. The van der Waals surface area contributed by atoms with Crippen LogP contribution in [-0.4, -0.2) is 17.1 Å². The zero-order valence-corrected chi connectivity index (χ0v) is 9.12. The predicted octanol–water partition coefficient (Wildman–Crippen LogP) is 1.77. The van der Waals surface area contributed by atoms with Crippen molar-refractivity contribution in [3.05, 3.63) is 17.5 Å². The van der Waals surface area contributed by atoms with E-state index in [2.05, 4.69) is 24.3 Å². The molecule has 1 N–H and O–H groups in total. The molecule has 1 amide bonds. The van der Waals surface area contributed by atoms with Crippen molar-refractivity contribution in [2.75, 3.05) is 0 Å². The second-order valence-corrected chi connectivity index (χ2v) is 4.52. The Hall–Kier alpha value is -1.32. The Bertz CT molecular complexity index is 353. The van der Waals surface area contributed by atoms with Crippen LogP contribution in [0.15, 0.2) is 10.6 Å². The summed E-state index contributed by atoms with van der Waals surface area (Å²) >= 11 is 0. The van der Waals surface area contributed by atoms with Crippen LogP contribution in [0.25, 0.3) is 0 Å². The fourth-order valence-electron chi connectivity index (χ4n) is 1.41. The number of nitrogens with zero attached hydrogens (tertiary/aromatic N) is 1. The number of nitrogens with one attached hydrogen (secondary N) is 1. The standard InChI is InChI=1S/C11H16N2O2/c1-7(2)5-9-6-10(13-15-9)11(14)12-8-3-4-8/h6-8H,3-5H2,1-2H3,(H,12,14). The molecule has 4 nitrogen and oxygen atoms in total. The lowest BCUT2D eigenvalue weighted by atomic mass is 10.1. The summed E-state index contributed by atoms with van der Waals surface area (Å²) in [4.78, 5) is 11.6. The molecule has 82 valence electrons. The second kappa shape index (κ2) is 4.04. The number of aromatic nitrogens is 1. The van der Waals surface area contributed by atoms with Gasteiger partial charge in [-0.1, -0.05) is 19.0 Å². The lowest BCUT2D eigenvalue weighted by Crippen LogP contribution is -2.25. The number of amides is 1. The first-order valence-corrected chi connectivity index (χ1v) is 5.41. The minimum atomic E-state index is -0.115. The number of carbonyl (C=O) groups is 1. The van der Waals surface area contributed by atoms with E-state index in [1.165, 1.54) is 0 Å². The van der Waals surface area contributed by atoms with E-state index in [4.69, 9.17) is 4.52 Å². The van der Waals surface area contributed by atoms with Crippen LogP contribution in [0, 0.1) is 5.92 Å². The molecular formula is C11H16N2O2. The van der Waals surface area contributed by atoms with E-state index in [-0.39, 0.29) is 5.91 Å². The van der Waals surface area contributed by atoms with E-state index in [1.54, 1.807) is 6.07 Å². The van der Waals surface area contributed by atoms with Crippen LogP contribution in [0.2, 0.25) is 0 Å². The van der Waals surface area contributed by atoms with Crippen molar-refractivity contribution in [2.24, 2.45) is 5.92 Å². The van der Waals surface area contributed by atoms with Gasteiger partial charge in [0.05, 0.1) is 0 Å². The molecule has 0 atom stereocenters. The molecule has 1 fully saturated rings. The molecule has 1 aliphatic rings. The Balaban J connectivity index is 1.95. The molecule has 1 aliphatic carbocycles. The van der Waals surface area contributed by atoms with Gasteiger partial charge < -0.3 is 9.84 Å². The van der Waals surface area contributed by atoms with Crippen LogP contribution in [0.5, 0.6) is 0 Å². The fourth-order valence-corrected chi connectivity index (χ4v) is 1.41. The first-order chi connectivity index (χ1) is 7.15. The molecule has 0 spiro atoms. The summed E-state index contributed by atoms with van der Waals surface area (Å²) in [5.41, 5.74) is 0.401. The zero-order chi connectivity index (χ0) is 10.8. The van der Waals surface area contributed by atoms with Gasteiger partial charge in [0.25, 0.3) is 5.91 Å². The Morgan fingerprint density at radius 3 is 3.00 bits per heavy atom. The monoisotopic (exact) mass is 208 g/mol. The van der Waals surface area contributed by atoms with Crippen molar-refractivity contribution in [2.45, 2.75) is 39.2 Å². The third kappa shape index (κ3) is 2.81. The van der Waals surface area contributed by atoms with Gasteiger partial charge in [-0.25, -0.2) is 0 Å². The topological polar surface area (TPSA) is 55.1 Å². The highest BCUT2D eigenvalue weighted by molar-refractivity contribution is 5.92. The Labute approximate surface area is 89.0 Å². The molecule has 0 unspecified atom stereocenters. The highest BCUT2D eigenvalue weighted by Crippen LogP contribution is 2.19. The van der Waals surface area contributed by atoms with Crippen molar-refractivity contribution in [1.82, 2.24) is 10.5 Å². The van der Waals surface area contributed by atoms with Gasteiger partial charge in [0, 0.05) is 18.5 Å². The average molecular weight is 208 g/mol. The van der Waals surface area contributed by atoms with Gasteiger partial charge in [0.1, 0.15) is 5.76 Å². The summed E-state index contributed by atoms with van der Waals surface area (Å²) in [6.45, 7) is 4.21. The van der Waals surface area contributed by atoms with E-state index in [9.17, 15) is 4.79 Å². The third-order valence-electron chi connectivity index (χ3n) is 2.31. The molecule has 0 bridgehead atoms. The summed E-state index contributed by atoms with van der Waals surface area (Å²) < 4.78 is 5.09. The minimum absolute atomic E-state index is 0.115. The van der Waals surface area contributed by atoms with Gasteiger partial charge >= 0.3 is 0 Å². The van der Waals surface area contributed by atoms with Gasteiger partial charge in [0.2, 0.25) is 0 Å². The van der Waals surface area contributed by atoms with Crippen molar-refractivity contribution in [1.29, 1.82) is 0 Å². The molecule has 15 heavy (non-hydrogen) atoms. The van der Waals surface area contributed by atoms with E-state index in [0.717, 1.165) is 25.0 Å². The molecule has 0 aliphatic heterocycles. The molecule has 1 aromatic rings. The van der Waals surface area contributed by atoms with Crippen molar-refractivity contribution < 1.29 is 9.32 Å². The summed E-state index contributed by atoms with van der Waals surface area (Å²) in [6, 6.07) is 2.10. The Kier molecular flexibility index (Phi) is 2.75. The normalized spacial score (nSPS) is 15.7. The third-order valence-corrected chi connectivity index (χ3v) is 2.31. The predicted molar refractivity (Wildman–Crippen MR) is 55.5 cm³/mol. The van der Waals surface area contributed by atoms with Gasteiger partial charge in [-0.3, -0.25) is 4.79 Å². The fraction of sp³-hybridized carbons (Fsp3) is 0.636. The number of rotatable bonds is 4. The molecule has 1 saturated carbocycles. The Morgan fingerprint density at radius 2 is 2.40 bits per heavy atom. The van der Waals surface area contributed by atoms with E-state index < -0.39 is 0 Å². The maximum absolute atomic E-state index is 11.6. The zero-order valence-electron chi connectivity index (χ0n) is 9.12. The highest BCUT2D eigenvalue weighted by Gasteiger charge is 2.25. The van der Waals surface area contributed by atoms with Crippen molar-refractivity contribution in [3.8, 4) is 0 Å². The minimum Gasteiger partial charge on any atom is -0.361 e. The number of carbonyl (C=O) groups excluding carboxylic acids is 1. The first kappa shape index (κ1) is 10.2. The summed E-state index contributed by atoms with van der Waals surface area (Å²) in [7, 11) is 0. The van der Waals surface area contributed by atoms with Crippen molar-refractivity contribution in [3.63, 3.8) is 0 Å². The van der Waals surface area contributed by atoms with Crippen LogP contribution >= 0.6 is 0 Å². The van der Waals surface area contributed by atoms with E-state index >= 15 is 0 Å². The SMILES string of the molecule is CC(C)Cc1cc(C(=O)NC2CC2)no1. The maximum atomic E-state index is 11.6. The molecule has 0 aromatic carbocycles. The lowest BCUT2D eigenvalue weighted by molar-refractivity contribution is 0.0942. The van der Waals surface area contributed by atoms with E-state index in [1.807, 2.05) is 0 Å². The van der Waals surface area contributed by atoms with E-state index in [0.29, 0.717) is 17.7 Å².